The lowest BCUT2D eigenvalue weighted by atomic mass is 10.2. The van der Waals surface area contributed by atoms with Crippen LogP contribution in [-0.4, -0.2) is 22.1 Å². The topological polar surface area (TPSA) is 86.6 Å². The molecule has 1 aromatic heterocycles. The molecule has 6 heteroatoms. The number of hydrogen-bond donors (Lipinski definition) is 3. The van der Waals surface area contributed by atoms with Gasteiger partial charge in [0.15, 0.2) is 0 Å². The van der Waals surface area contributed by atoms with Crippen LogP contribution in [0, 0.1) is 0 Å². The van der Waals surface area contributed by atoms with Crippen LogP contribution >= 0.6 is 11.3 Å². The summed E-state index contributed by atoms with van der Waals surface area (Å²) in [7, 11) is 0. The van der Waals surface area contributed by atoms with Gasteiger partial charge in [0.25, 0.3) is 5.91 Å². The molecule has 92 valence electrons. The molecular weight excluding hydrogens is 254 g/mol. The zero-order chi connectivity index (χ0) is 13.1. The van der Waals surface area contributed by atoms with Crippen LogP contribution in [0.1, 0.15) is 20.7 Å². The molecular formula is C12H9NO4S. The van der Waals surface area contributed by atoms with Crippen molar-refractivity contribution in [1.29, 1.82) is 0 Å². The Kier molecular flexibility index (Phi) is 3.29. The van der Waals surface area contributed by atoms with Crippen LogP contribution < -0.4 is 5.32 Å². The second kappa shape index (κ2) is 4.89. The highest BCUT2D eigenvalue weighted by molar-refractivity contribution is 7.14. The van der Waals surface area contributed by atoms with Crippen LogP contribution in [0.5, 0.6) is 5.75 Å². The summed E-state index contributed by atoms with van der Waals surface area (Å²) in [4.78, 5) is 22.7. The molecule has 2 rings (SSSR count). The van der Waals surface area contributed by atoms with Crippen LogP contribution in [0.2, 0.25) is 0 Å². The Morgan fingerprint density at radius 2 is 2.00 bits per heavy atom. The molecule has 1 amide bonds. The summed E-state index contributed by atoms with van der Waals surface area (Å²) in [5, 5.41) is 22.5. The van der Waals surface area contributed by atoms with Crippen molar-refractivity contribution in [3.63, 3.8) is 0 Å². The van der Waals surface area contributed by atoms with Crippen LogP contribution in [0.15, 0.2) is 35.7 Å². The minimum absolute atomic E-state index is 0.0210. The van der Waals surface area contributed by atoms with Crippen molar-refractivity contribution in [3.05, 3.63) is 46.8 Å². The molecule has 0 unspecified atom stereocenters. The molecule has 0 radical (unpaired) electrons. The Morgan fingerprint density at radius 3 is 2.67 bits per heavy atom. The SMILES string of the molecule is O=C(Nc1sccc1C(=O)O)c1cccc(O)c1. The number of nitrogens with one attached hydrogen (secondary N) is 1. The number of carboxylic acid groups (broad SMARTS) is 1. The third kappa shape index (κ3) is 2.49. The highest BCUT2D eigenvalue weighted by Gasteiger charge is 2.14. The van der Waals surface area contributed by atoms with Gasteiger partial charge >= 0.3 is 5.97 Å². The van der Waals surface area contributed by atoms with Crippen molar-refractivity contribution in [2.45, 2.75) is 0 Å². The Balaban J connectivity index is 2.21. The summed E-state index contributed by atoms with van der Waals surface area (Å²) in [6, 6.07) is 7.25. The molecule has 0 fully saturated rings. The van der Waals surface area contributed by atoms with Crippen molar-refractivity contribution < 1.29 is 19.8 Å². The van der Waals surface area contributed by atoms with E-state index in [0.29, 0.717) is 0 Å². The Bertz CT molecular complexity index is 606. The Labute approximate surface area is 106 Å². The number of amides is 1. The van der Waals surface area contributed by atoms with Crippen LogP contribution in [0.4, 0.5) is 5.00 Å². The van der Waals surface area contributed by atoms with E-state index in [9.17, 15) is 14.7 Å². The number of thiophene rings is 1. The van der Waals surface area contributed by atoms with E-state index >= 15 is 0 Å². The van der Waals surface area contributed by atoms with Crippen LogP contribution in [0.3, 0.4) is 0 Å². The minimum Gasteiger partial charge on any atom is -0.508 e. The first-order valence-electron chi connectivity index (χ1n) is 4.99. The number of phenols is 1. The molecule has 0 aliphatic heterocycles. The van der Waals surface area contributed by atoms with E-state index in [1.165, 1.54) is 30.3 Å². The van der Waals surface area contributed by atoms with Gasteiger partial charge in [0.1, 0.15) is 10.8 Å². The normalized spacial score (nSPS) is 10.0. The summed E-state index contributed by atoms with van der Waals surface area (Å²) in [6.07, 6.45) is 0. The van der Waals surface area contributed by atoms with E-state index in [4.69, 9.17) is 5.11 Å². The third-order valence-corrected chi connectivity index (χ3v) is 3.06. The minimum atomic E-state index is -1.09. The van der Waals surface area contributed by atoms with Gasteiger partial charge in [-0.15, -0.1) is 11.3 Å². The maximum absolute atomic E-state index is 11.8. The van der Waals surface area contributed by atoms with Crippen molar-refractivity contribution in [3.8, 4) is 5.75 Å². The molecule has 5 nitrogen and oxygen atoms in total. The highest BCUT2D eigenvalue weighted by Crippen LogP contribution is 2.24. The van der Waals surface area contributed by atoms with Gasteiger partial charge in [-0.25, -0.2) is 4.79 Å². The van der Waals surface area contributed by atoms with Crippen molar-refractivity contribution in [2.24, 2.45) is 0 Å². The molecule has 0 aliphatic carbocycles. The number of rotatable bonds is 3. The number of phenolic OH excluding ortho intramolecular Hbond substituents is 1. The number of carbonyl (C=O) groups is 2. The second-order valence-electron chi connectivity index (χ2n) is 3.47. The van der Waals surface area contributed by atoms with Crippen LogP contribution in [-0.2, 0) is 0 Å². The van der Waals surface area contributed by atoms with Crippen molar-refractivity contribution >= 4 is 28.2 Å². The van der Waals surface area contributed by atoms with Gasteiger partial charge in [-0.3, -0.25) is 4.79 Å². The fourth-order valence-corrected chi connectivity index (χ4v) is 2.17. The van der Waals surface area contributed by atoms with Gasteiger partial charge in [0.2, 0.25) is 0 Å². The predicted octanol–water partition coefficient (Wildman–Crippen LogP) is 2.40. The van der Waals surface area contributed by atoms with Crippen LogP contribution in [0.25, 0.3) is 0 Å². The number of carbonyl (C=O) groups excluding carboxylic acids is 1. The van der Waals surface area contributed by atoms with Crippen molar-refractivity contribution in [2.75, 3.05) is 5.32 Å². The molecule has 3 N–H and O–H groups in total. The van der Waals surface area contributed by atoms with E-state index in [2.05, 4.69) is 5.32 Å². The van der Waals surface area contributed by atoms with Gasteiger partial charge in [-0.2, -0.15) is 0 Å². The summed E-state index contributed by atoms with van der Waals surface area (Å²) in [5.41, 5.74) is 0.313. The molecule has 0 bridgehead atoms. The van der Waals surface area contributed by atoms with Gasteiger partial charge in [0.05, 0.1) is 5.56 Å². The average Bonchev–Trinajstić information content (AvgIpc) is 2.77. The van der Waals surface area contributed by atoms with E-state index in [1.807, 2.05) is 0 Å². The van der Waals surface area contributed by atoms with Crippen molar-refractivity contribution in [1.82, 2.24) is 0 Å². The summed E-state index contributed by atoms with van der Waals surface area (Å²) in [5.74, 6) is -1.58. The fourth-order valence-electron chi connectivity index (χ4n) is 1.40. The number of aromatic hydroxyl groups is 1. The lowest BCUT2D eigenvalue weighted by Crippen LogP contribution is -2.12. The zero-order valence-corrected chi connectivity index (χ0v) is 9.90. The quantitative estimate of drug-likeness (QED) is 0.793. The van der Waals surface area contributed by atoms with E-state index in [0.717, 1.165) is 11.3 Å². The van der Waals surface area contributed by atoms with E-state index < -0.39 is 11.9 Å². The summed E-state index contributed by atoms with van der Waals surface area (Å²) < 4.78 is 0. The zero-order valence-electron chi connectivity index (χ0n) is 9.08. The molecule has 0 saturated heterocycles. The third-order valence-electron chi connectivity index (χ3n) is 2.23. The monoisotopic (exact) mass is 263 g/mol. The molecule has 2 aromatic rings. The lowest BCUT2D eigenvalue weighted by molar-refractivity contribution is 0.0698. The molecule has 0 saturated carbocycles. The average molecular weight is 263 g/mol. The molecule has 0 atom stereocenters. The van der Waals surface area contributed by atoms with Gasteiger partial charge in [-0.05, 0) is 29.6 Å². The van der Waals surface area contributed by atoms with Gasteiger partial charge in [-0.1, -0.05) is 6.07 Å². The molecule has 1 aromatic carbocycles. The number of aromatic carboxylic acids is 1. The largest absolute Gasteiger partial charge is 0.508 e. The molecule has 0 aliphatic rings. The van der Waals surface area contributed by atoms with E-state index in [1.54, 1.807) is 5.38 Å². The first-order chi connectivity index (χ1) is 8.58. The maximum Gasteiger partial charge on any atom is 0.338 e. The maximum atomic E-state index is 11.8. The molecule has 0 spiro atoms. The summed E-state index contributed by atoms with van der Waals surface area (Å²) in [6.45, 7) is 0. The second-order valence-corrected chi connectivity index (χ2v) is 4.39. The van der Waals surface area contributed by atoms with Gasteiger partial charge < -0.3 is 15.5 Å². The Morgan fingerprint density at radius 1 is 1.22 bits per heavy atom. The van der Waals surface area contributed by atoms with Gasteiger partial charge in [0, 0.05) is 5.56 Å². The fraction of sp³-hybridized carbons (Fsp3) is 0. The smallest absolute Gasteiger partial charge is 0.338 e. The molecule has 1 heterocycles. The number of anilines is 1. The molecule has 18 heavy (non-hydrogen) atoms. The lowest BCUT2D eigenvalue weighted by Gasteiger charge is -2.04. The summed E-state index contributed by atoms with van der Waals surface area (Å²) >= 11 is 1.13. The van der Waals surface area contributed by atoms with E-state index in [-0.39, 0.29) is 21.9 Å². The number of hydrogen-bond acceptors (Lipinski definition) is 4. The standard InChI is InChI=1S/C12H9NO4S/c14-8-3-1-2-7(6-8)10(15)13-11-9(12(16)17)4-5-18-11/h1-6,14H,(H,13,15)(H,16,17). The number of carboxylic acids is 1. The first kappa shape index (κ1) is 12.1. The first-order valence-corrected chi connectivity index (χ1v) is 5.87. The Hall–Kier alpha value is -2.34. The highest BCUT2D eigenvalue weighted by atomic mass is 32.1. The predicted molar refractivity (Wildman–Crippen MR) is 67.3 cm³/mol. The number of benzene rings is 1.